The van der Waals surface area contributed by atoms with E-state index in [4.69, 9.17) is 13.7 Å². The second kappa shape index (κ2) is 7.33. The molecule has 2 heterocycles. The lowest BCUT2D eigenvalue weighted by atomic mass is 9.48. The molecule has 35 heavy (non-hydrogen) atoms. The largest absolute Gasteiger partial charge is 0.523 e. The Bertz CT molecular complexity index is 1200. The quantitative estimate of drug-likeness (QED) is 0.275. The number of benzene rings is 1. The van der Waals surface area contributed by atoms with Crippen LogP contribution < -0.4 is 9.47 Å². The average Bonchev–Trinajstić information content (AvgIpc) is 3.49. The summed E-state index contributed by atoms with van der Waals surface area (Å²) in [7, 11) is -5.89. The van der Waals surface area contributed by atoms with Crippen molar-refractivity contribution in [2.45, 2.75) is 80.2 Å². The number of rotatable bonds is 5. The summed E-state index contributed by atoms with van der Waals surface area (Å²) in [6.45, 7) is 2.64. The Balaban J connectivity index is 1.48. The van der Waals surface area contributed by atoms with E-state index in [1.165, 1.54) is 6.92 Å². The zero-order valence-electron chi connectivity index (χ0n) is 19.0. The van der Waals surface area contributed by atoms with Gasteiger partial charge in [-0.1, -0.05) is 6.07 Å². The SMILES string of the molecule is CC(=O)Oc1ccc2c3c1O[C@H]1[C@H](OS(=O)(=O)C(F)(F)F)CC[C@@]4(O)[C@@H](C2)N(CC2CC2)CC[C@]314. The Hall–Kier alpha value is -1.89. The van der Waals surface area contributed by atoms with Gasteiger partial charge in [0.1, 0.15) is 12.2 Å². The topological polar surface area (TPSA) is 102 Å². The van der Waals surface area contributed by atoms with E-state index in [1.54, 1.807) is 12.1 Å². The molecule has 3 aliphatic carbocycles. The van der Waals surface area contributed by atoms with Crippen LogP contribution in [0.25, 0.3) is 0 Å². The Labute approximate surface area is 200 Å². The van der Waals surface area contributed by atoms with Crippen LogP contribution in [0.5, 0.6) is 11.5 Å². The molecule has 3 fully saturated rings. The minimum Gasteiger partial charge on any atom is -0.482 e. The second-order valence-corrected chi connectivity index (χ2v) is 12.0. The minimum absolute atomic E-state index is 0.0629. The van der Waals surface area contributed by atoms with E-state index in [9.17, 15) is 31.5 Å². The summed E-state index contributed by atoms with van der Waals surface area (Å²) >= 11 is 0. The van der Waals surface area contributed by atoms with Crippen molar-refractivity contribution >= 4 is 16.1 Å². The smallest absolute Gasteiger partial charge is 0.482 e. The lowest BCUT2D eigenvalue weighted by Crippen LogP contribution is -2.77. The van der Waals surface area contributed by atoms with E-state index in [0.29, 0.717) is 30.9 Å². The van der Waals surface area contributed by atoms with Crippen molar-refractivity contribution in [2.24, 2.45) is 5.92 Å². The van der Waals surface area contributed by atoms with Crippen LogP contribution in [0.2, 0.25) is 0 Å². The van der Waals surface area contributed by atoms with Gasteiger partial charge in [0.15, 0.2) is 11.5 Å². The highest BCUT2D eigenvalue weighted by Gasteiger charge is 2.74. The van der Waals surface area contributed by atoms with Crippen molar-refractivity contribution in [3.8, 4) is 11.5 Å². The Morgan fingerprint density at radius 2 is 2.00 bits per heavy atom. The first-order chi connectivity index (χ1) is 16.4. The van der Waals surface area contributed by atoms with E-state index in [1.807, 2.05) is 0 Å². The molecule has 1 N–H and O–H groups in total. The summed E-state index contributed by atoms with van der Waals surface area (Å²) in [6.07, 6.45) is 0.428. The van der Waals surface area contributed by atoms with Crippen LogP contribution in [0.4, 0.5) is 13.2 Å². The van der Waals surface area contributed by atoms with Crippen molar-refractivity contribution in [2.75, 3.05) is 13.1 Å². The summed E-state index contributed by atoms with van der Waals surface area (Å²) in [4.78, 5) is 14.0. The third-order valence-electron chi connectivity index (χ3n) is 8.48. The van der Waals surface area contributed by atoms with E-state index in [0.717, 1.165) is 24.9 Å². The molecule has 5 atom stereocenters. The fourth-order valence-corrected chi connectivity index (χ4v) is 7.61. The number of piperidine rings is 1. The minimum atomic E-state index is -5.89. The molecule has 0 aromatic heterocycles. The molecular weight excluding hydrogens is 491 g/mol. The zero-order valence-corrected chi connectivity index (χ0v) is 19.8. The van der Waals surface area contributed by atoms with Crippen molar-refractivity contribution in [3.05, 3.63) is 23.3 Å². The Kier molecular flexibility index (Phi) is 4.92. The summed E-state index contributed by atoms with van der Waals surface area (Å²) in [5.41, 5.74) is -6.67. The lowest BCUT2D eigenvalue weighted by Gasteiger charge is -2.64. The molecule has 0 amide bonds. The normalized spacial score (nSPS) is 35.9. The molecule has 192 valence electrons. The van der Waals surface area contributed by atoms with Gasteiger partial charge in [0.05, 0.1) is 11.0 Å². The number of carbonyl (C=O) groups is 1. The molecule has 2 aliphatic heterocycles. The number of ether oxygens (including phenoxy) is 2. The number of carbonyl (C=O) groups excluding carboxylic acids is 1. The number of nitrogens with zero attached hydrogens (tertiary/aromatic N) is 1. The number of hydrogen-bond acceptors (Lipinski definition) is 8. The molecule has 2 saturated carbocycles. The second-order valence-electron chi connectivity index (χ2n) is 10.4. The van der Waals surface area contributed by atoms with Crippen molar-refractivity contribution in [1.29, 1.82) is 0 Å². The van der Waals surface area contributed by atoms with Gasteiger partial charge in [-0.05, 0) is 62.6 Å². The maximum atomic E-state index is 13.2. The molecule has 0 radical (unpaired) electrons. The number of hydrogen-bond donors (Lipinski definition) is 1. The standard InChI is InChI=1S/C23H26F3NO7S/c1-12(28)32-15-5-4-14-10-17-22(29)7-6-16(34-35(30,31)23(24,25)26)20-21(22,18(14)19(15)33-20)8-9-27(17)11-13-2-3-13/h4-5,13,16-17,20,29H,2-3,6-11H2,1H3/t16-,17-,20+,21+,22-/m1/s1. The summed E-state index contributed by atoms with van der Waals surface area (Å²) in [5.74, 6) is 0.241. The van der Waals surface area contributed by atoms with E-state index >= 15 is 0 Å². The third kappa shape index (κ3) is 3.22. The van der Waals surface area contributed by atoms with Crippen LogP contribution in [0.3, 0.4) is 0 Å². The van der Waals surface area contributed by atoms with Gasteiger partial charge in [0.2, 0.25) is 0 Å². The van der Waals surface area contributed by atoms with Gasteiger partial charge in [-0.3, -0.25) is 13.9 Å². The summed E-state index contributed by atoms with van der Waals surface area (Å²) < 4.78 is 79.7. The van der Waals surface area contributed by atoms with Gasteiger partial charge in [-0.15, -0.1) is 0 Å². The van der Waals surface area contributed by atoms with Gasteiger partial charge in [-0.2, -0.15) is 21.6 Å². The van der Waals surface area contributed by atoms with Gasteiger partial charge in [0, 0.05) is 25.1 Å². The fraction of sp³-hybridized carbons (Fsp3) is 0.696. The van der Waals surface area contributed by atoms with Crippen molar-refractivity contribution in [1.82, 2.24) is 4.90 Å². The van der Waals surface area contributed by atoms with E-state index in [2.05, 4.69) is 4.90 Å². The maximum absolute atomic E-state index is 13.2. The predicted molar refractivity (Wildman–Crippen MR) is 114 cm³/mol. The van der Waals surface area contributed by atoms with Gasteiger partial charge in [-0.25, -0.2) is 0 Å². The van der Waals surface area contributed by atoms with Crippen LogP contribution in [0, 0.1) is 5.92 Å². The van der Waals surface area contributed by atoms with Gasteiger partial charge < -0.3 is 14.6 Å². The van der Waals surface area contributed by atoms with Crippen LogP contribution in [-0.2, 0) is 30.9 Å². The molecule has 8 nitrogen and oxygen atoms in total. The summed E-state index contributed by atoms with van der Waals surface area (Å²) in [5, 5.41) is 12.3. The van der Waals surface area contributed by atoms with Crippen LogP contribution in [-0.4, -0.2) is 66.8 Å². The van der Waals surface area contributed by atoms with Gasteiger partial charge >= 0.3 is 21.6 Å². The molecule has 6 rings (SSSR count). The highest BCUT2D eigenvalue weighted by atomic mass is 32.2. The maximum Gasteiger partial charge on any atom is 0.523 e. The molecule has 1 saturated heterocycles. The van der Waals surface area contributed by atoms with Gasteiger partial charge in [0.25, 0.3) is 0 Å². The van der Waals surface area contributed by atoms with Crippen molar-refractivity contribution in [3.63, 3.8) is 0 Å². The molecule has 5 aliphatic rings. The highest BCUT2D eigenvalue weighted by Crippen LogP contribution is 2.66. The number of alkyl halides is 3. The number of esters is 1. The first-order valence-corrected chi connectivity index (χ1v) is 13.3. The van der Waals surface area contributed by atoms with Crippen LogP contribution in [0.15, 0.2) is 12.1 Å². The van der Waals surface area contributed by atoms with Crippen molar-refractivity contribution < 1.29 is 45.1 Å². The third-order valence-corrected chi connectivity index (χ3v) is 9.55. The van der Waals surface area contributed by atoms with E-state index < -0.39 is 44.8 Å². The Morgan fingerprint density at radius 3 is 2.66 bits per heavy atom. The predicted octanol–water partition coefficient (Wildman–Crippen LogP) is 2.41. The van der Waals surface area contributed by atoms with E-state index in [-0.39, 0.29) is 30.4 Å². The van der Waals surface area contributed by atoms with Crippen LogP contribution in [0.1, 0.15) is 50.2 Å². The molecule has 0 unspecified atom stereocenters. The highest BCUT2D eigenvalue weighted by molar-refractivity contribution is 7.87. The summed E-state index contributed by atoms with van der Waals surface area (Å²) in [6, 6.07) is 3.09. The zero-order chi connectivity index (χ0) is 25.0. The number of aliphatic hydroxyl groups is 1. The Morgan fingerprint density at radius 1 is 1.26 bits per heavy atom. The number of likely N-dealkylation sites (tertiary alicyclic amines) is 1. The average molecular weight is 518 g/mol. The molecular formula is C23H26F3NO7S. The number of halogens is 3. The molecule has 2 bridgehead atoms. The molecule has 1 aromatic carbocycles. The molecule has 1 spiro atoms. The monoisotopic (exact) mass is 517 g/mol. The lowest BCUT2D eigenvalue weighted by molar-refractivity contribution is -0.205. The van der Waals surface area contributed by atoms with Crippen LogP contribution >= 0.6 is 0 Å². The first kappa shape index (κ1) is 23.5. The molecule has 12 heteroatoms. The molecule has 1 aromatic rings. The fourth-order valence-electron chi connectivity index (χ4n) is 6.98. The first-order valence-electron chi connectivity index (χ1n) is 11.8.